The van der Waals surface area contributed by atoms with Crippen molar-refractivity contribution in [1.29, 1.82) is 0 Å². The van der Waals surface area contributed by atoms with E-state index in [4.69, 9.17) is 4.74 Å². The molecule has 0 bridgehead atoms. The SMILES string of the molecule is CCCNCC(C)OCc1ccccc1F. The summed E-state index contributed by atoms with van der Waals surface area (Å²) in [5, 5.41) is 3.27. The number of hydrogen-bond acceptors (Lipinski definition) is 2. The molecule has 1 rings (SSSR count). The highest BCUT2D eigenvalue weighted by Crippen LogP contribution is 2.08. The normalized spacial score (nSPS) is 12.7. The molecule has 2 nitrogen and oxygen atoms in total. The summed E-state index contributed by atoms with van der Waals surface area (Å²) in [5.41, 5.74) is 0.616. The van der Waals surface area contributed by atoms with Crippen molar-refractivity contribution < 1.29 is 9.13 Å². The molecule has 3 heteroatoms. The molecular formula is C13H20FNO. The second kappa shape index (κ2) is 7.36. The van der Waals surface area contributed by atoms with Crippen LogP contribution < -0.4 is 5.32 Å². The van der Waals surface area contributed by atoms with Gasteiger partial charge < -0.3 is 10.1 Å². The molecule has 0 aliphatic carbocycles. The fourth-order valence-corrected chi connectivity index (χ4v) is 1.39. The Labute approximate surface area is 96.8 Å². The quantitative estimate of drug-likeness (QED) is 0.720. The second-order valence-electron chi connectivity index (χ2n) is 3.92. The van der Waals surface area contributed by atoms with Crippen LogP contribution in [0, 0.1) is 5.82 Å². The molecule has 90 valence electrons. The fourth-order valence-electron chi connectivity index (χ4n) is 1.39. The van der Waals surface area contributed by atoms with E-state index >= 15 is 0 Å². The van der Waals surface area contributed by atoms with Crippen LogP contribution in [0.2, 0.25) is 0 Å². The monoisotopic (exact) mass is 225 g/mol. The van der Waals surface area contributed by atoms with Crippen LogP contribution in [-0.2, 0) is 11.3 Å². The Morgan fingerprint density at radius 1 is 1.38 bits per heavy atom. The van der Waals surface area contributed by atoms with Gasteiger partial charge in [0, 0.05) is 12.1 Å². The lowest BCUT2D eigenvalue weighted by atomic mass is 10.2. The molecule has 0 saturated heterocycles. The molecule has 1 aromatic rings. The van der Waals surface area contributed by atoms with Crippen molar-refractivity contribution >= 4 is 0 Å². The predicted molar refractivity (Wildman–Crippen MR) is 63.8 cm³/mol. The third kappa shape index (κ3) is 4.73. The van der Waals surface area contributed by atoms with Crippen molar-refractivity contribution in [3.63, 3.8) is 0 Å². The van der Waals surface area contributed by atoms with Gasteiger partial charge >= 0.3 is 0 Å². The van der Waals surface area contributed by atoms with Crippen LogP contribution in [0.1, 0.15) is 25.8 Å². The lowest BCUT2D eigenvalue weighted by Gasteiger charge is -2.14. The lowest BCUT2D eigenvalue weighted by molar-refractivity contribution is 0.0517. The van der Waals surface area contributed by atoms with E-state index in [1.165, 1.54) is 6.07 Å². The molecule has 1 N–H and O–H groups in total. The Morgan fingerprint density at radius 2 is 2.12 bits per heavy atom. The molecule has 16 heavy (non-hydrogen) atoms. The minimum atomic E-state index is -0.198. The number of hydrogen-bond donors (Lipinski definition) is 1. The third-order valence-corrected chi connectivity index (χ3v) is 2.34. The Balaban J connectivity index is 2.26. The van der Waals surface area contributed by atoms with Gasteiger partial charge in [-0.25, -0.2) is 4.39 Å². The maximum Gasteiger partial charge on any atom is 0.128 e. The second-order valence-corrected chi connectivity index (χ2v) is 3.92. The molecule has 0 radical (unpaired) electrons. The summed E-state index contributed by atoms with van der Waals surface area (Å²) in [4.78, 5) is 0. The summed E-state index contributed by atoms with van der Waals surface area (Å²) < 4.78 is 18.8. The average Bonchev–Trinajstić information content (AvgIpc) is 2.28. The van der Waals surface area contributed by atoms with Crippen molar-refractivity contribution in [3.05, 3.63) is 35.6 Å². The number of nitrogens with one attached hydrogen (secondary N) is 1. The van der Waals surface area contributed by atoms with E-state index in [-0.39, 0.29) is 11.9 Å². The van der Waals surface area contributed by atoms with E-state index < -0.39 is 0 Å². The average molecular weight is 225 g/mol. The van der Waals surface area contributed by atoms with E-state index in [1.54, 1.807) is 12.1 Å². The van der Waals surface area contributed by atoms with Crippen molar-refractivity contribution in [3.8, 4) is 0 Å². The van der Waals surface area contributed by atoms with E-state index in [9.17, 15) is 4.39 Å². The van der Waals surface area contributed by atoms with Crippen molar-refractivity contribution in [1.82, 2.24) is 5.32 Å². The van der Waals surface area contributed by atoms with Crippen LogP contribution in [0.25, 0.3) is 0 Å². The minimum absolute atomic E-state index is 0.103. The van der Waals surface area contributed by atoms with Crippen LogP contribution in [0.4, 0.5) is 4.39 Å². The number of ether oxygens (including phenoxy) is 1. The summed E-state index contributed by atoms with van der Waals surface area (Å²) >= 11 is 0. The molecule has 0 heterocycles. The van der Waals surface area contributed by atoms with Gasteiger partial charge in [0.2, 0.25) is 0 Å². The topological polar surface area (TPSA) is 21.3 Å². The third-order valence-electron chi connectivity index (χ3n) is 2.34. The van der Waals surface area contributed by atoms with Crippen LogP contribution in [0.15, 0.2) is 24.3 Å². The molecule has 1 unspecified atom stereocenters. The largest absolute Gasteiger partial charge is 0.372 e. The van der Waals surface area contributed by atoms with E-state index in [0.717, 1.165) is 19.5 Å². The molecule has 0 aliphatic rings. The zero-order valence-corrected chi connectivity index (χ0v) is 10.0. The smallest absolute Gasteiger partial charge is 0.128 e. The maximum atomic E-state index is 13.3. The van der Waals surface area contributed by atoms with Gasteiger partial charge in [-0.3, -0.25) is 0 Å². The minimum Gasteiger partial charge on any atom is -0.372 e. The summed E-state index contributed by atoms with van der Waals surface area (Å²) in [7, 11) is 0. The standard InChI is InChI=1S/C13H20FNO/c1-3-8-15-9-11(2)16-10-12-6-4-5-7-13(12)14/h4-7,11,15H,3,8-10H2,1-2H3. The van der Waals surface area contributed by atoms with E-state index in [1.807, 2.05) is 13.0 Å². The molecule has 1 atom stereocenters. The summed E-state index contributed by atoms with van der Waals surface area (Å²) in [5.74, 6) is -0.198. The van der Waals surface area contributed by atoms with Gasteiger partial charge in [0.1, 0.15) is 5.82 Å². The number of benzene rings is 1. The van der Waals surface area contributed by atoms with Crippen LogP contribution in [0.3, 0.4) is 0 Å². The zero-order chi connectivity index (χ0) is 11.8. The summed E-state index contributed by atoms with van der Waals surface area (Å²) in [6, 6.07) is 6.72. The van der Waals surface area contributed by atoms with Gasteiger partial charge in [0.15, 0.2) is 0 Å². The first-order chi connectivity index (χ1) is 7.74. The van der Waals surface area contributed by atoms with Crippen LogP contribution in [-0.4, -0.2) is 19.2 Å². The summed E-state index contributed by atoms with van der Waals surface area (Å²) in [6.45, 7) is 6.25. The molecule has 0 aliphatic heterocycles. The first kappa shape index (κ1) is 13.1. The van der Waals surface area contributed by atoms with Gasteiger partial charge in [-0.15, -0.1) is 0 Å². The molecule has 0 aromatic heterocycles. The van der Waals surface area contributed by atoms with E-state index in [0.29, 0.717) is 12.2 Å². The fraction of sp³-hybridized carbons (Fsp3) is 0.538. The maximum absolute atomic E-state index is 13.3. The number of rotatable bonds is 7. The van der Waals surface area contributed by atoms with Crippen molar-refractivity contribution in [2.75, 3.05) is 13.1 Å². The predicted octanol–water partition coefficient (Wildman–Crippen LogP) is 2.73. The highest BCUT2D eigenvalue weighted by atomic mass is 19.1. The van der Waals surface area contributed by atoms with Gasteiger partial charge in [-0.1, -0.05) is 25.1 Å². The van der Waals surface area contributed by atoms with Crippen molar-refractivity contribution in [2.45, 2.75) is 33.0 Å². The Bertz CT molecular complexity index is 304. The van der Waals surface area contributed by atoms with Crippen LogP contribution >= 0.6 is 0 Å². The number of halogens is 1. The molecular weight excluding hydrogens is 205 g/mol. The molecule has 0 fully saturated rings. The Morgan fingerprint density at radius 3 is 2.81 bits per heavy atom. The van der Waals surface area contributed by atoms with E-state index in [2.05, 4.69) is 12.2 Å². The molecule has 0 amide bonds. The van der Waals surface area contributed by atoms with Crippen LogP contribution in [0.5, 0.6) is 0 Å². The van der Waals surface area contributed by atoms with Crippen molar-refractivity contribution in [2.24, 2.45) is 0 Å². The summed E-state index contributed by atoms with van der Waals surface area (Å²) in [6.07, 6.45) is 1.21. The lowest BCUT2D eigenvalue weighted by Crippen LogP contribution is -2.27. The molecule has 1 aromatic carbocycles. The zero-order valence-electron chi connectivity index (χ0n) is 10.0. The highest BCUT2D eigenvalue weighted by Gasteiger charge is 2.04. The first-order valence-electron chi connectivity index (χ1n) is 5.79. The highest BCUT2D eigenvalue weighted by molar-refractivity contribution is 5.16. The molecule has 0 spiro atoms. The van der Waals surface area contributed by atoms with Gasteiger partial charge in [0.05, 0.1) is 12.7 Å². The van der Waals surface area contributed by atoms with Gasteiger partial charge in [0.25, 0.3) is 0 Å². The molecule has 0 saturated carbocycles. The Hall–Kier alpha value is -0.930. The Kier molecular flexibility index (Phi) is 6.04. The van der Waals surface area contributed by atoms with Gasteiger partial charge in [-0.05, 0) is 26.0 Å². The van der Waals surface area contributed by atoms with Gasteiger partial charge in [-0.2, -0.15) is 0 Å². The first-order valence-corrected chi connectivity index (χ1v) is 5.79.